The number of nitrogens with one attached hydrogen (secondary N) is 1. The summed E-state index contributed by atoms with van der Waals surface area (Å²) in [5.41, 5.74) is 10.2. The van der Waals surface area contributed by atoms with Crippen LogP contribution < -0.4 is 5.73 Å². The molecule has 2 heterocycles. The highest BCUT2D eigenvalue weighted by Crippen LogP contribution is 2.16. The molecule has 1 atom stereocenters. The van der Waals surface area contributed by atoms with Crippen molar-refractivity contribution in [1.29, 1.82) is 0 Å². The zero-order valence-electron chi connectivity index (χ0n) is 10.8. The Morgan fingerprint density at radius 1 is 1.26 bits per heavy atom. The predicted octanol–water partition coefficient (Wildman–Crippen LogP) is 2.51. The van der Waals surface area contributed by atoms with Crippen molar-refractivity contribution < 1.29 is 0 Å². The van der Waals surface area contributed by atoms with Gasteiger partial charge >= 0.3 is 0 Å². The van der Waals surface area contributed by atoms with Crippen LogP contribution in [0.2, 0.25) is 0 Å². The molecule has 0 saturated carbocycles. The molecule has 0 aliphatic rings. The molecule has 0 bridgehead atoms. The summed E-state index contributed by atoms with van der Waals surface area (Å²) in [6, 6.07) is 12.1. The number of pyridine rings is 1. The van der Waals surface area contributed by atoms with Crippen molar-refractivity contribution in [1.82, 2.24) is 15.0 Å². The fraction of sp³-hybridized carbons (Fsp3) is 0.200. The van der Waals surface area contributed by atoms with E-state index < -0.39 is 0 Å². The van der Waals surface area contributed by atoms with Gasteiger partial charge in [-0.25, -0.2) is 9.97 Å². The first-order valence-corrected chi connectivity index (χ1v) is 6.34. The lowest BCUT2D eigenvalue weighted by Gasteiger charge is -2.09. The number of nitrogens with two attached hydrogens (primary N) is 1. The van der Waals surface area contributed by atoms with Crippen LogP contribution in [-0.4, -0.2) is 15.0 Å². The van der Waals surface area contributed by atoms with Gasteiger partial charge in [-0.15, -0.1) is 0 Å². The Kier molecular flexibility index (Phi) is 3.01. The smallest absolute Gasteiger partial charge is 0.177 e. The van der Waals surface area contributed by atoms with Crippen molar-refractivity contribution in [2.75, 3.05) is 0 Å². The summed E-state index contributed by atoms with van der Waals surface area (Å²) < 4.78 is 0. The van der Waals surface area contributed by atoms with Crippen LogP contribution in [0.25, 0.3) is 11.2 Å². The summed E-state index contributed by atoms with van der Waals surface area (Å²) >= 11 is 0. The number of hydrogen-bond acceptors (Lipinski definition) is 3. The van der Waals surface area contributed by atoms with Gasteiger partial charge in [-0.05, 0) is 24.1 Å². The highest BCUT2D eigenvalue weighted by molar-refractivity contribution is 5.70. The van der Waals surface area contributed by atoms with E-state index in [1.807, 2.05) is 49.5 Å². The molecular formula is C15H16N4. The van der Waals surface area contributed by atoms with Crippen LogP contribution in [-0.2, 0) is 6.42 Å². The average Bonchev–Trinajstić information content (AvgIpc) is 2.81. The summed E-state index contributed by atoms with van der Waals surface area (Å²) in [7, 11) is 0. The van der Waals surface area contributed by atoms with Crippen LogP contribution in [0.3, 0.4) is 0 Å². The zero-order chi connectivity index (χ0) is 13.2. The van der Waals surface area contributed by atoms with Crippen molar-refractivity contribution in [3.63, 3.8) is 0 Å². The summed E-state index contributed by atoms with van der Waals surface area (Å²) in [4.78, 5) is 12.1. The van der Waals surface area contributed by atoms with Gasteiger partial charge in [0.1, 0.15) is 5.82 Å². The molecule has 4 nitrogen and oxygen atoms in total. The van der Waals surface area contributed by atoms with Gasteiger partial charge < -0.3 is 10.7 Å². The summed E-state index contributed by atoms with van der Waals surface area (Å²) in [5.74, 6) is 0.879. The number of fused-ring (bicyclic) bond motifs is 1. The molecule has 96 valence electrons. The van der Waals surface area contributed by atoms with Crippen molar-refractivity contribution >= 4 is 11.2 Å². The Bertz CT molecular complexity index is 688. The first-order chi connectivity index (χ1) is 9.22. The Morgan fingerprint density at radius 2 is 2.05 bits per heavy atom. The molecule has 2 aromatic heterocycles. The van der Waals surface area contributed by atoms with E-state index in [0.29, 0.717) is 6.42 Å². The van der Waals surface area contributed by atoms with E-state index in [1.54, 1.807) is 0 Å². The molecule has 0 aliphatic heterocycles. The van der Waals surface area contributed by atoms with Crippen LogP contribution in [0.5, 0.6) is 0 Å². The molecule has 3 rings (SSSR count). The zero-order valence-corrected chi connectivity index (χ0v) is 10.8. The van der Waals surface area contributed by atoms with Crippen molar-refractivity contribution in [2.45, 2.75) is 19.4 Å². The van der Waals surface area contributed by atoms with Crippen LogP contribution >= 0.6 is 0 Å². The van der Waals surface area contributed by atoms with Crippen LogP contribution in [0, 0.1) is 6.92 Å². The van der Waals surface area contributed by atoms with E-state index in [2.05, 4.69) is 15.0 Å². The van der Waals surface area contributed by atoms with Gasteiger partial charge in [0.15, 0.2) is 5.65 Å². The van der Waals surface area contributed by atoms with E-state index in [0.717, 1.165) is 28.1 Å². The van der Waals surface area contributed by atoms with Crippen LogP contribution in [0.1, 0.15) is 23.0 Å². The van der Waals surface area contributed by atoms with E-state index in [4.69, 9.17) is 5.73 Å². The van der Waals surface area contributed by atoms with E-state index in [9.17, 15) is 0 Å². The molecule has 0 fully saturated rings. The summed E-state index contributed by atoms with van der Waals surface area (Å²) in [5, 5.41) is 0. The fourth-order valence-corrected chi connectivity index (χ4v) is 2.18. The van der Waals surface area contributed by atoms with Gasteiger partial charge in [-0.2, -0.15) is 0 Å². The molecular weight excluding hydrogens is 236 g/mol. The molecule has 4 heteroatoms. The monoisotopic (exact) mass is 252 g/mol. The van der Waals surface area contributed by atoms with Gasteiger partial charge in [-0.3, -0.25) is 0 Å². The molecule has 0 aliphatic carbocycles. The highest BCUT2D eigenvalue weighted by Gasteiger charge is 2.10. The first-order valence-electron chi connectivity index (χ1n) is 6.34. The standard InChI is InChI=1S/C15H16N4/c1-10-7-13-15(17-9-10)19-14(18-13)8-12(16)11-5-3-2-4-6-11/h2-7,9,12H,8,16H2,1H3,(H,17,18,19). The molecule has 1 unspecified atom stereocenters. The highest BCUT2D eigenvalue weighted by atomic mass is 15.0. The average molecular weight is 252 g/mol. The van der Waals surface area contributed by atoms with Gasteiger partial charge in [0, 0.05) is 18.7 Å². The predicted molar refractivity (Wildman–Crippen MR) is 75.7 cm³/mol. The number of nitrogens with zero attached hydrogens (tertiary/aromatic N) is 2. The first kappa shape index (κ1) is 11.9. The normalized spacial score (nSPS) is 12.7. The number of H-pyrrole nitrogens is 1. The fourth-order valence-electron chi connectivity index (χ4n) is 2.18. The number of aromatic amines is 1. The molecule has 1 aromatic carbocycles. The Balaban J connectivity index is 1.85. The number of imidazole rings is 1. The van der Waals surface area contributed by atoms with Crippen molar-refractivity contribution in [3.05, 3.63) is 59.5 Å². The third-order valence-electron chi connectivity index (χ3n) is 3.16. The van der Waals surface area contributed by atoms with E-state index in [1.165, 1.54) is 0 Å². The molecule has 0 radical (unpaired) electrons. The number of aromatic nitrogens is 3. The van der Waals surface area contributed by atoms with Gasteiger partial charge in [0.25, 0.3) is 0 Å². The number of benzene rings is 1. The molecule has 3 aromatic rings. The molecule has 0 amide bonds. The largest absolute Gasteiger partial charge is 0.341 e. The number of rotatable bonds is 3. The minimum Gasteiger partial charge on any atom is -0.341 e. The minimum absolute atomic E-state index is 0.0529. The SMILES string of the molecule is Cc1cnc2nc(CC(N)c3ccccc3)[nH]c2c1. The van der Waals surface area contributed by atoms with Gasteiger partial charge in [-0.1, -0.05) is 30.3 Å². The molecule has 3 N–H and O–H groups in total. The number of hydrogen-bond donors (Lipinski definition) is 2. The maximum atomic E-state index is 6.20. The molecule has 0 spiro atoms. The quantitative estimate of drug-likeness (QED) is 0.752. The molecule has 19 heavy (non-hydrogen) atoms. The van der Waals surface area contributed by atoms with E-state index in [-0.39, 0.29) is 6.04 Å². The second-order valence-electron chi connectivity index (χ2n) is 4.79. The van der Waals surface area contributed by atoms with Crippen LogP contribution in [0.4, 0.5) is 0 Å². The third kappa shape index (κ3) is 2.48. The lowest BCUT2D eigenvalue weighted by Crippen LogP contribution is -2.13. The Labute approximate surface area is 111 Å². The Morgan fingerprint density at radius 3 is 2.84 bits per heavy atom. The third-order valence-corrected chi connectivity index (χ3v) is 3.16. The maximum absolute atomic E-state index is 6.20. The van der Waals surface area contributed by atoms with Crippen LogP contribution in [0.15, 0.2) is 42.6 Å². The van der Waals surface area contributed by atoms with Crippen molar-refractivity contribution in [3.8, 4) is 0 Å². The summed E-state index contributed by atoms with van der Waals surface area (Å²) in [6.07, 6.45) is 2.50. The second-order valence-corrected chi connectivity index (χ2v) is 4.79. The molecule has 0 saturated heterocycles. The topological polar surface area (TPSA) is 67.6 Å². The second kappa shape index (κ2) is 4.82. The lowest BCUT2D eigenvalue weighted by molar-refractivity contribution is 0.696. The Hall–Kier alpha value is -2.20. The van der Waals surface area contributed by atoms with E-state index >= 15 is 0 Å². The lowest BCUT2D eigenvalue weighted by atomic mass is 10.0. The summed E-state index contributed by atoms with van der Waals surface area (Å²) in [6.45, 7) is 2.02. The number of aryl methyl sites for hydroxylation is 1. The van der Waals surface area contributed by atoms with Gasteiger partial charge in [0.2, 0.25) is 0 Å². The minimum atomic E-state index is -0.0529. The van der Waals surface area contributed by atoms with Crippen molar-refractivity contribution in [2.24, 2.45) is 5.73 Å². The maximum Gasteiger partial charge on any atom is 0.177 e. The van der Waals surface area contributed by atoms with Gasteiger partial charge in [0.05, 0.1) is 5.52 Å².